The molecule has 1 aliphatic rings. The Morgan fingerprint density at radius 1 is 0.500 bits per heavy atom. The Hall–Kier alpha value is -4.56. The van der Waals surface area contributed by atoms with Crippen LogP contribution in [0.4, 0.5) is 11.4 Å². The minimum atomic E-state index is 0.922. The highest BCUT2D eigenvalue weighted by atomic mass is 16.3. The molecule has 34 heavy (non-hydrogen) atoms. The van der Waals surface area contributed by atoms with E-state index in [0.717, 1.165) is 50.0 Å². The summed E-state index contributed by atoms with van der Waals surface area (Å²) in [7, 11) is 0. The molecule has 0 saturated heterocycles. The monoisotopic (exact) mass is 435 g/mol. The fourth-order valence-corrected chi connectivity index (χ4v) is 4.91. The highest BCUT2D eigenvalue weighted by molar-refractivity contribution is 6.09. The van der Waals surface area contributed by atoms with Crippen LogP contribution in [0.15, 0.2) is 114 Å². The van der Waals surface area contributed by atoms with Gasteiger partial charge in [0.05, 0.1) is 0 Å². The molecule has 2 nitrogen and oxygen atoms in total. The van der Waals surface area contributed by atoms with Crippen LogP contribution in [0.25, 0.3) is 56.3 Å². The van der Waals surface area contributed by atoms with Crippen LogP contribution < -0.4 is 5.32 Å². The quantitative estimate of drug-likeness (QED) is 0.293. The van der Waals surface area contributed by atoms with Crippen LogP contribution in [0, 0.1) is 0 Å². The molecule has 0 unspecified atom stereocenters. The SMILES string of the molecule is C1=Cc2cc(-c3cccc4c3oc3ccccc34)ccc2Nc2ccc(-c3ccccc3)cc21. The second kappa shape index (κ2) is 7.50. The van der Waals surface area contributed by atoms with E-state index < -0.39 is 0 Å². The summed E-state index contributed by atoms with van der Waals surface area (Å²) in [6, 6.07) is 38.3. The van der Waals surface area contributed by atoms with Gasteiger partial charge in [0.1, 0.15) is 11.2 Å². The Bertz CT molecular complexity index is 1720. The van der Waals surface area contributed by atoms with Crippen molar-refractivity contribution < 1.29 is 4.42 Å². The van der Waals surface area contributed by atoms with Crippen molar-refractivity contribution in [2.75, 3.05) is 5.32 Å². The molecule has 0 radical (unpaired) electrons. The van der Waals surface area contributed by atoms with Gasteiger partial charge < -0.3 is 9.73 Å². The van der Waals surface area contributed by atoms with Gasteiger partial charge in [-0.25, -0.2) is 0 Å². The molecule has 0 saturated carbocycles. The van der Waals surface area contributed by atoms with E-state index in [9.17, 15) is 0 Å². The predicted molar refractivity (Wildman–Crippen MR) is 143 cm³/mol. The number of anilines is 2. The van der Waals surface area contributed by atoms with E-state index in [2.05, 4.69) is 115 Å². The maximum atomic E-state index is 6.28. The van der Waals surface area contributed by atoms with Crippen LogP contribution >= 0.6 is 0 Å². The number of para-hydroxylation sites is 2. The molecular formula is C32H21NO. The highest BCUT2D eigenvalue weighted by Gasteiger charge is 2.15. The van der Waals surface area contributed by atoms with E-state index in [4.69, 9.17) is 4.42 Å². The summed E-state index contributed by atoms with van der Waals surface area (Å²) < 4.78 is 6.28. The normalized spacial score (nSPS) is 12.2. The number of furan rings is 1. The van der Waals surface area contributed by atoms with Crippen LogP contribution in [0.3, 0.4) is 0 Å². The number of rotatable bonds is 2. The molecule has 1 aliphatic heterocycles. The second-order valence-electron chi connectivity index (χ2n) is 8.71. The minimum Gasteiger partial charge on any atom is -0.455 e. The van der Waals surface area contributed by atoms with Crippen LogP contribution in [0.1, 0.15) is 11.1 Å². The summed E-state index contributed by atoms with van der Waals surface area (Å²) in [4.78, 5) is 0. The molecule has 160 valence electrons. The summed E-state index contributed by atoms with van der Waals surface area (Å²) in [5.41, 5.74) is 11.1. The summed E-state index contributed by atoms with van der Waals surface area (Å²) in [6.07, 6.45) is 4.40. The third-order valence-electron chi connectivity index (χ3n) is 6.64. The number of nitrogens with one attached hydrogen (secondary N) is 1. The molecular weight excluding hydrogens is 414 g/mol. The highest BCUT2D eigenvalue weighted by Crippen LogP contribution is 2.39. The molecule has 1 N–H and O–H groups in total. The van der Waals surface area contributed by atoms with Crippen molar-refractivity contribution in [3.63, 3.8) is 0 Å². The summed E-state index contributed by atoms with van der Waals surface area (Å²) in [6.45, 7) is 0. The molecule has 0 bridgehead atoms. The second-order valence-corrected chi connectivity index (χ2v) is 8.71. The fraction of sp³-hybridized carbons (Fsp3) is 0. The summed E-state index contributed by atoms with van der Waals surface area (Å²) in [5, 5.41) is 5.94. The van der Waals surface area contributed by atoms with E-state index in [1.807, 2.05) is 12.1 Å². The lowest BCUT2D eigenvalue weighted by molar-refractivity contribution is 0.670. The Morgan fingerprint density at radius 2 is 1.18 bits per heavy atom. The van der Waals surface area contributed by atoms with Crippen molar-refractivity contribution in [1.82, 2.24) is 0 Å². The molecule has 1 aromatic heterocycles. The standard InChI is InChI=1S/C32H21NO/c1-2-7-21(8-3-1)22-15-17-29-24(19-22)13-14-25-20-23(16-18-30(25)33-29)26-10-6-11-28-27-9-4-5-12-31(27)34-32(26)28/h1-20,33H. The average molecular weight is 436 g/mol. The first-order valence-corrected chi connectivity index (χ1v) is 11.5. The Balaban J connectivity index is 1.32. The van der Waals surface area contributed by atoms with Crippen molar-refractivity contribution in [3.8, 4) is 22.3 Å². The number of fused-ring (bicyclic) bond motifs is 5. The van der Waals surface area contributed by atoms with Crippen molar-refractivity contribution in [3.05, 3.63) is 120 Å². The maximum absolute atomic E-state index is 6.28. The Labute approximate surface area is 197 Å². The molecule has 0 aliphatic carbocycles. The van der Waals surface area contributed by atoms with E-state index in [1.54, 1.807) is 0 Å². The third kappa shape index (κ3) is 3.04. The molecule has 0 amide bonds. The number of benzene rings is 5. The zero-order valence-corrected chi connectivity index (χ0v) is 18.5. The fourth-order valence-electron chi connectivity index (χ4n) is 4.91. The number of hydrogen-bond donors (Lipinski definition) is 1. The lowest BCUT2D eigenvalue weighted by atomic mass is 9.99. The molecule has 0 spiro atoms. The van der Waals surface area contributed by atoms with E-state index in [1.165, 1.54) is 16.7 Å². The van der Waals surface area contributed by atoms with Gasteiger partial charge in [0.25, 0.3) is 0 Å². The van der Waals surface area contributed by atoms with Crippen molar-refractivity contribution >= 4 is 45.5 Å². The van der Waals surface area contributed by atoms with E-state index >= 15 is 0 Å². The molecule has 5 aromatic carbocycles. The summed E-state index contributed by atoms with van der Waals surface area (Å²) in [5.74, 6) is 0. The topological polar surface area (TPSA) is 25.2 Å². The Kier molecular flexibility index (Phi) is 4.18. The summed E-state index contributed by atoms with van der Waals surface area (Å²) >= 11 is 0. The van der Waals surface area contributed by atoms with Gasteiger partial charge in [0, 0.05) is 27.7 Å². The first-order chi connectivity index (χ1) is 16.8. The smallest absolute Gasteiger partial charge is 0.143 e. The van der Waals surface area contributed by atoms with Gasteiger partial charge in [-0.2, -0.15) is 0 Å². The van der Waals surface area contributed by atoms with Gasteiger partial charge in [0.2, 0.25) is 0 Å². The first kappa shape index (κ1) is 19.0. The van der Waals surface area contributed by atoms with Gasteiger partial charge in [-0.05, 0) is 58.1 Å². The largest absolute Gasteiger partial charge is 0.455 e. The molecule has 7 rings (SSSR count). The molecule has 2 heterocycles. The third-order valence-corrected chi connectivity index (χ3v) is 6.64. The van der Waals surface area contributed by atoms with Crippen molar-refractivity contribution in [1.29, 1.82) is 0 Å². The van der Waals surface area contributed by atoms with Gasteiger partial charge >= 0.3 is 0 Å². The van der Waals surface area contributed by atoms with Gasteiger partial charge in [-0.3, -0.25) is 0 Å². The number of hydrogen-bond acceptors (Lipinski definition) is 2. The minimum absolute atomic E-state index is 0.922. The van der Waals surface area contributed by atoms with Gasteiger partial charge in [0.15, 0.2) is 0 Å². The van der Waals surface area contributed by atoms with Gasteiger partial charge in [-0.15, -0.1) is 0 Å². The van der Waals surface area contributed by atoms with Gasteiger partial charge in [-0.1, -0.05) is 91.0 Å². The van der Waals surface area contributed by atoms with Crippen LogP contribution in [-0.4, -0.2) is 0 Å². The average Bonchev–Trinajstić information content (AvgIpc) is 3.18. The van der Waals surface area contributed by atoms with E-state index in [-0.39, 0.29) is 0 Å². The first-order valence-electron chi connectivity index (χ1n) is 11.5. The lowest BCUT2D eigenvalue weighted by Crippen LogP contribution is -1.94. The van der Waals surface area contributed by atoms with Crippen molar-refractivity contribution in [2.24, 2.45) is 0 Å². The zero-order valence-electron chi connectivity index (χ0n) is 18.5. The molecule has 2 heteroatoms. The predicted octanol–water partition coefficient (Wildman–Crippen LogP) is 9.15. The van der Waals surface area contributed by atoms with Crippen LogP contribution in [-0.2, 0) is 0 Å². The van der Waals surface area contributed by atoms with E-state index in [0.29, 0.717) is 0 Å². The lowest BCUT2D eigenvalue weighted by Gasteiger charge is -2.12. The molecule has 0 fully saturated rings. The Morgan fingerprint density at radius 3 is 2.00 bits per heavy atom. The van der Waals surface area contributed by atoms with Crippen molar-refractivity contribution in [2.45, 2.75) is 0 Å². The van der Waals surface area contributed by atoms with Crippen LogP contribution in [0.5, 0.6) is 0 Å². The zero-order chi connectivity index (χ0) is 22.5. The molecule has 0 atom stereocenters. The molecule has 6 aromatic rings. The van der Waals surface area contributed by atoms with Crippen LogP contribution in [0.2, 0.25) is 0 Å². The maximum Gasteiger partial charge on any atom is 0.143 e.